The predicted molar refractivity (Wildman–Crippen MR) is 180 cm³/mol. The van der Waals surface area contributed by atoms with E-state index in [2.05, 4.69) is 5.32 Å². The average molecular weight is 690 g/mol. The van der Waals surface area contributed by atoms with E-state index in [-0.39, 0.29) is 70.9 Å². The number of rotatable bonds is 4. The van der Waals surface area contributed by atoms with Crippen LogP contribution >= 0.6 is 0 Å². The van der Waals surface area contributed by atoms with Crippen LogP contribution in [0.15, 0.2) is 30.3 Å². The normalized spacial score (nSPS) is 31.9. The van der Waals surface area contributed by atoms with Gasteiger partial charge in [-0.2, -0.15) is 0 Å². The number of nitrogens with two attached hydrogens (primary N) is 1. The van der Waals surface area contributed by atoms with Crippen LogP contribution in [0.2, 0.25) is 0 Å². The molecule has 3 saturated carbocycles. The van der Waals surface area contributed by atoms with Gasteiger partial charge in [-0.05, 0) is 94.0 Å². The number of ether oxygens (including phenoxy) is 1. The van der Waals surface area contributed by atoms with Crippen molar-refractivity contribution in [1.82, 2.24) is 29.3 Å². The number of halogens is 3. The Bertz CT molecular complexity index is 2040. The summed E-state index contributed by atoms with van der Waals surface area (Å²) in [6, 6.07) is 7.55. The Labute approximate surface area is 287 Å². The van der Waals surface area contributed by atoms with Gasteiger partial charge in [0.2, 0.25) is 5.91 Å². The maximum atomic E-state index is 16.4. The molecule has 1 aromatic carbocycles. The van der Waals surface area contributed by atoms with E-state index >= 15 is 13.2 Å². The van der Waals surface area contributed by atoms with Gasteiger partial charge in [-0.25, -0.2) is 23.1 Å². The van der Waals surface area contributed by atoms with Crippen LogP contribution in [0.4, 0.5) is 13.2 Å². The van der Waals surface area contributed by atoms with Gasteiger partial charge in [0.25, 0.3) is 11.8 Å². The van der Waals surface area contributed by atoms with E-state index < -0.39 is 24.3 Å². The second-order valence-electron chi connectivity index (χ2n) is 15.4. The molecule has 50 heavy (non-hydrogen) atoms. The van der Waals surface area contributed by atoms with Crippen molar-refractivity contribution < 1.29 is 27.5 Å². The first kappa shape index (κ1) is 32.0. The minimum absolute atomic E-state index is 0.0643. The van der Waals surface area contributed by atoms with E-state index in [4.69, 9.17) is 20.4 Å². The molecule has 5 heterocycles. The van der Waals surface area contributed by atoms with Crippen molar-refractivity contribution in [3.05, 3.63) is 47.4 Å². The Morgan fingerprint density at radius 3 is 2.72 bits per heavy atom. The van der Waals surface area contributed by atoms with Crippen LogP contribution in [0.3, 0.4) is 0 Å². The van der Waals surface area contributed by atoms with Crippen LogP contribution in [0.25, 0.3) is 33.6 Å². The Morgan fingerprint density at radius 2 is 1.92 bits per heavy atom. The first-order valence-corrected chi connectivity index (χ1v) is 18.0. The summed E-state index contributed by atoms with van der Waals surface area (Å²) < 4.78 is 57.1. The van der Waals surface area contributed by atoms with Crippen molar-refractivity contribution in [2.75, 3.05) is 13.7 Å². The summed E-state index contributed by atoms with van der Waals surface area (Å²) in [6.07, 6.45) is 4.36. The number of carbonyl (C=O) groups is 2. The topological polar surface area (TPSA) is 120 Å². The van der Waals surface area contributed by atoms with Gasteiger partial charge in [0.1, 0.15) is 17.0 Å². The van der Waals surface area contributed by atoms with E-state index in [0.717, 1.165) is 25.7 Å². The highest BCUT2D eigenvalue weighted by Crippen LogP contribution is 2.47. The number of nitrogens with one attached hydrogen (secondary N) is 1. The molecule has 2 aliphatic heterocycles. The van der Waals surface area contributed by atoms with Crippen LogP contribution in [-0.4, -0.2) is 73.6 Å². The number of amides is 2. The molecule has 5 aliphatic rings. The second-order valence-corrected chi connectivity index (χ2v) is 15.4. The summed E-state index contributed by atoms with van der Waals surface area (Å²) in [7, 11) is 1.59. The zero-order valence-electron chi connectivity index (χ0n) is 28.2. The molecule has 1 saturated heterocycles. The number of piperidine rings is 1. The predicted octanol–water partition coefficient (Wildman–Crippen LogP) is 5.74. The zero-order valence-corrected chi connectivity index (χ0v) is 28.2. The van der Waals surface area contributed by atoms with Gasteiger partial charge in [0.15, 0.2) is 5.82 Å². The molecule has 2 amide bonds. The number of methoxy groups -OCH3 is 1. The number of alkyl halides is 2. The lowest BCUT2D eigenvalue weighted by atomic mass is 9.94. The lowest BCUT2D eigenvalue weighted by molar-refractivity contribution is -0.123. The molecule has 3 aliphatic carbocycles. The number of carbonyl (C=O) groups excluding carboxylic acids is 2. The van der Waals surface area contributed by atoms with Crippen LogP contribution in [0, 0.1) is 23.6 Å². The Morgan fingerprint density at radius 1 is 1.08 bits per heavy atom. The van der Waals surface area contributed by atoms with Gasteiger partial charge in [0, 0.05) is 49.0 Å². The van der Waals surface area contributed by atoms with E-state index in [1.807, 2.05) is 13.0 Å². The molecule has 0 radical (unpaired) electrons. The third-order valence-corrected chi connectivity index (χ3v) is 12.0. The largest absolute Gasteiger partial charge is 0.379 e. The summed E-state index contributed by atoms with van der Waals surface area (Å²) in [4.78, 5) is 38.3. The van der Waals surface area contributed by atoms with E-state index in [1.165, 1.54) is 10.6 Å². The first-order valence-electron chi connectivity index (χ1n) is 18.0. The van der Waals surface area contributed by atoms with Crippen LogP contribution in [-0.2, 0) is 16.1 Å². The third-order valence-electron chi connectivity index (χ3n) is 12.0. The molecule has 9 rings (SSSR count). The highest BCUT2D eigenvalue weighted by molar-refractivity contribution is 5.98. The molecule has 3 N–H and O–H groups in total. The van der Waals surface area contributed by atoms with E-state index in [1.54, 1.807) is 34.8 Å². The Hall–Kier alpha value is -3.97. The summed E-state index contributed by atoms with van der Waals surface area (Å²) >= 11 is 0. The van der Waals surface area contributed by atoms with E-state index in [0.29, 0.717) is 60.0 Å². The van der Waals surface area contributed by atoms with Crippen LogP contribution < -0.4 is 11.1 Å². The first-order chi connectivity index (χ1) is 24.0. The van der Waals surface area contributed by atoms with Gasteiger partial charge in [0.05, 0.1) is 41.6 Å². The van der Waals surface area contributed by atoms with Gasteiger partial charge in [-0.1, -0.05) is 0 Å². The minimum Gasteiger partial charge on any atom is -0.379 e. The summed E-state index contributed by atoms with van der Waals surface area (Å²) in [5.74, 6) is -3.33. The molecule has 3 aromatic heterocycles. The number of likely N-dealkylation sites (tertiary alicyclic amines) is 1. The molecule has 8 atom stereocenters. The molecule has 4 fully saturated rings. The number of imidazole rings is 1. The number of benzene rings is 1. The SMILES string of the molecule is CO[C@H]1C[C@@H]1n1c(-c2cc3ccc4nc3n2CC(F)(F)CCC[C@@H]2C[C@H]2C(=O)N[C@@H]4C)nc2cc(C(=O)N3C[C@H](N)[C@@H]4CC[C@H]3C4)cc(F)c21. The zero-order chi connectivity index (χ0) is 34.6. The summed E-state index contributed by atoms with van der Waals surface area (Å²) in [5, 5.41) is 3.69. The number of aromatic nitrogens is 4. The fraction of sp³-hybridized carbons (Fsp3) is 0.568. The van der Waals surface area contributed by atoms with E-state index in [9.17, 15) is 9.59 Å². The summed E-state index contributed by atoms with van der Waals surface area (Å²) in [6.45, 7) is 1.64. The molecule has 4 aromatic rings. The monoisotopic (exact) mass is 689 g/mol. The van der Waals surface area contributed by atoms with Crippen molar-refractivity contribution in [2.24, 2.45) is 23.5 Å². The maximum Gasteiger partial charge on any atom is 0.265 e. The molecule has 13 heteroatoms. The molecule has 0 unspecified atom stereocenters. The maximum absolute atomic E-state index is 16.4. The highest BCUT2D eigenvalue weighted by atomic mass is 19.3. The molecule has 0 spiro atoms. The van der Waals surface area contributed by atoms with Crippen LogP contribution in [0.5, 0.6) is 0 Å². The fourth-order valence-corrected chi connectivity index (χ4v) is 9.04. The fourth-order valence-electron chi connectivity index (χ4n) is 9.04. The van der Waals surface area contributed by atoms with Gasteiger partial charge in [-0.15, -0.1) is 0 Å². The highest BCUT2D eigenvalue weighted by Gasteiger charge is 2.46. The molecular weight excluding hydrogens is 647 g/mol. The van der Waals surface area contributed by atoms with Crippen molar-refractivity contribution in [1.29, 1.82) is 0 Å². The lowest BCUT2D eigenvalue weighted by Crippen LogP contribution is -2.51. The van der Waals surface area contributed by atoms with Crippen molar-refractivity contribution in [3.63, 3.8) is 0 Å². The number of fused-ring (bicyclic) bond motifs is 5. The van der Waals surface area contributed by atoms with Crippen LogP contribution in [0.1, 0.15) is 86.4 Å². The molecule has 10 nitrogen and oxygen atoms in total. The third kappa shape index (κ3) is 5.30. The number of hydrogen-bond acceptors (Lipinski definition) is 6. The number of hydrogen-bond donors (Lipinski definition) is 2. The molecule has 4 bridgehead atoms. The van der Waals surface area contributed by atoms with Gasteiger partial charge >= 0.3 is 0 Å². The Kier molecular flexibility index (Phi) is 7.37. The lowest BCUT2D eigenvalue weighted by Gasteiger charge is -2.37. The van der Waals surface area contributed by atoms with Gasteiger partial charge < -0.3 is 29.8 Å². The number of nitrogens with zero attached hydrogens (tertiary/aromatic N) is 5. The van der Waals surface area contributed by atoms with Gasteiger partial charge in [-0.3, -0.25) is 9.59 Å². The summed E-state index contributed by atoms with van der Waals surface area (Å²) in [5.41, 5.74) is 8.33. The van der Waals surface area contributed by atoms with Crippen molar-refractivity contribution in [2.45, 2.75) is 101 Å². The Balaban J connectivity index is 1.18. The quantitative estimate of drug-likeness (QED) is 0.282. The average Bonchev–Trinajstić information content (AvgIpc) is 3.91. The number of pyridine rings is 1. The van der Waals surface area contributed by atoms with Crippen molar-refractivity contribution >= 4 is 33.9 Å². The second kappa shape index (κ2) is 11.5. The minimum atomic E-state index is -3.08. The smallest absolute Gasteiger partial charge is 0.265 e. The molecular formula is C37H42F3N7O3. The molecule has 264 valence electrons. The standard InChI is InChI=1S/C37H42F3N7O3/c1-18-27-8-6-21-14-30(46(33(21)43-27)17-37(39,40)9-3-4-19-11-24(19)35(48)42-18)34-44-28-13-22(12-25(38)32(28)47(34)29-15-31(29)50-2)36(49)45-16-26(41)20-5-7-23(45)10-20/h6,8,12-14,18-20,23-24,26,29,31H,3-5,7,9-11,15-17,41H2,1-2H3,(H,42,48)/t18-,19-,20-,23+,24-,26+,29+,31+/m1/s1. The van der Waals surface area contributed by atoms with Crippen molar-refractivity contribution in [3.8, 4) is 11.5 Å².